The number of hydrogen-bond acceptors (Lipinski definition) is 3. The lowest BCUT2D eigenvalue weighted by molar-refractivity contribution is -0.141. The molecule has 0 radical (unpaired) electrons. The van der Waals surface area contributed by atoms with Crippen molar-refractivity contribution < 1.29 is 31.1 Å². The minimum Gasteiger partial charge on any atom is -0.350 e. The Morgan fingerprint density at radius 2 is 1.87 bits per heavy atom. The van der Waals surface area contributed by atoms with E-state index < -0.39 is 48.4 Å². The topological polar surface area (TPSA) is 45.2 Å². The summed E-state index contributed by atoms with van der Waals surface area (Å²) >= 11 is 5.89. The Balaban J connectivity index is 1.79. The molecule has 2 heterocycles. The Morgan fingerprint density at radius 1 is 1.19 bits per heavy atom. The van der Waals surface area contributed by atoms with Crippen LogP contribution in [0, 0.1) is 5.82 Å². The van der Waals surface area contributed by atoms with Crippen LogP contribution in [0.3, 0.4) is 0 Å². The van der Waals surface area contributed by atoms with Crippen molar-refractivity contribution in [2.24, 2.45) is 0 Å². The van der Waals surface area contributed by atoms with Crippen molar-refractivity contribution in [3.8, 4) is 0 Å². The number of rotatable bonds is 5. The molecule has 31 heavy (non-hydrogen) atoms. The van der Waals surface area contributed by atoms with Crippen LogP contribution in [-0.2, 0) is 6.18 Å². The quantitative estimate of drug-likeness (QED) is 0.625. The molecule has 1 N–H and O–H groups in total. The summed E-state index contributed by atoms with van der Waals surface area (Å²) in [6, 6.07) is 4.56. The van der Waals surface area contributed by atoms with E-state index in [0.717, 1.165) is 24.4 Å². The van der Waals surface area contributed by atoms with Crippen LogP contribution in [0.5, 0.6) is 0 Å². The average molecular weight is 466 g/mol. The van der Waals surface area contributed by atoms with Gasteiger partial charge in [-0.15, -0.1) is 0 Å². The summed E-state index contributed by atoms with van der Waals surface area (Å²) in [5.41, 5.74) is -0.733. The number of amides is 1. The van der Waals surface area contributed by atoms with Gasteiger partial charge in [-0.05, 0) is 29.8 Å². The van der Waals surface area contributed by atoms with Crippen LogP contribution in [0.4, 0.5) is 26.3 Å². The number of halogens is 7. The molecule has 0 saturated carbocycles. The molecule has 1 amide bonds. The number of nitrogens with one attached hydrogen (secondary N) is 1. The van der Waals surface area contributed by atoms with Gasteiger partial charge in [0.2, 0.25) is 0 Å². The van der Waals surface area contributed by atoms with Gasteiger partial charge in [0.25, 0.3) is 11.8 Å². The normalized spacial score (nSPS) is 17.9. The molecule has 2 aromatic rings. The zero-order valence-corrected chi connectivity index (χ0v) is 16.8. The first kappa shape index (κ1) is 23.3. The van der Waals surface area contributed by atoms with Crippen LogP contribution in [0.15, 0.2) is 36.5 Å². The van der Waals surface area contributed by atoms with E-state index >= 15 is 0 Å². The van der Waals surface area contributed by atoms with Gasteiger partial charge < -0.3 is 5.32 Å². The highest BCUT2D eigenvalue weighted by Gasteiger charge is 2.37. The van der Waals surface area contributed by atoms with Gasteiger partial charge in [0.05, 0.1) is 16.6 Å². The van der Waals surface area contributed by atoms with Gasteiger partial charge in [-0.2, -0.15) is 13.2 Å². The van der Waals surface area contributed by atoms with Crippen LogP contribution in [0.1, 0.15) is 40.5 Å². The first-order valence-corrected chi connectivity index (χ1v) is 9.72. The summed E-state index contributed by atoms with van der Waals surface area (Å²) in [5.74, 6) is -4.06. The van der Waals surface area contributed by atoms with Gasteiger partial charge in [0.15, 0.2) is 0 Å². The number of piperidine rings is 1. The van der Waals surface area contributed by atoms with Crippen molar-refractivity contribution >= 4 is 17.5 Å². The Bertz CT molecular complexity index is 926. The summed E-state index contributed by atoms with van der Waals surface area (Å²) in [5, 5.41) is 2.49. The SMILES string of the molecule is O=C(NCC(c1ccc(C(F)(F)F)nc1)N1CCC(F)(F)CC1)c1ccc(F)cc1Cl. The third-order valence-corrected chi connectivity index (χ3v) is 5.38. The molecule has 168 valence electrons. The number of nitrogens with zero attached hydrogens (tertiary/aromatic N) is 2. The van der Waals surface area contributed by atoms with E-state index in [1.54, 1.807) is 4.90 Å². The molecular formula is C20H18ClF6N3O. The maximum Gasteiger partial charge on any atom is 0.433 e. The predicted octanol–water partition coefficient (Wildman–Crippen LogP) is 5.10. The third-order valence-electron chi connectivity index (χ3n) is 5.06. The van der Waals surface area contributed by atoms with Crippen LogP contribution >= 0.6 is 11.6 Å². The van der Waals surface area contributed by atoms with E-state index in [1.807, 2.05) is 0 Å². The molecule has 0 bridgehead atoms. The summed E-state index contributed by atoms with van der Waals surface area (Å²) < 4.78 is 78.8. The number of likely N-dealkylation sites (tertiary alicyclic amines) is 1. The van der Waals surface area contributed by atoms with Crippen molar-refractivity contribution in [1.82, 2.24) is 15.2 Å². The number of carbonyl (C=O) groups excluding carboxylic acids is 1. The fraction of sp³-hybridized carbons (Fsp3) is 0.400. The van der Waals surface area contributed by atoms with Crippen LogP contribution < -0.4 is 5.32 Å². The lowest BCUT2D eigenvalue weighted by atomic mass is 10.0. The maximum absolute atomic E-state index is 13.6. The molecule has 1 aromatic heterocycles. The molecule has 1 fully saturated rings. The molecule has 1 saturated heterocycles. The third kappa shape index (κ3) is 5.88. The van der Waals surface area contributed by atoms with E-state index in [-0.39, 0.29) is 30.2 Å². The van der Waals surface area contributed by atoms with Crippen LogP contribution in [0.2, 0.25) is 5.02 Å². The first-order valence-electron chi connectivity index (χ1n) is 9.34. The highest BCUT2D eigenvalue weighted by molar-refractivity contribution is 6.33. The highest BCUT2D eigenvalue weighted by atomic mass is 35.5. The highest BCUT2D eigenvalue weighted by Crippen LogP contribution is 2.33. The molecule has 3 rings (SSSR count). The molecule has 0 aliphatic carbocycles. The molecule has 11 heteroatoms. The van der Waals surface area contributed by atoms with Crippen molar-refractivity contribution in [2.45, 2.75) is 31.0 Å². The van der Waals surface area contributed by atoms with E-state index in [0.29, 0.717) is 5.56 Å². The number of alkyl halides is 5. The summed E-state index contributed by atoms with van der Waals surface area (Å²) in [4.78, 5) is 17.6. The van der Waals surface area contributed by atoms with Crippen molar-refractivity contribution in [2.75, 3.05) is 19.6 Å². The van der Waals surface area contributed by atoms with Gasteiger partial charge in [-0.3, -0.25) is 14.7 Å². The van der Waals surface area contributed by atoms with Gasteiger partial charge in [0, 0.05) is 38.7 Å². The van der Waals surface area contributed by atoms with Gasteiger partial charge >= 0.3 is 6.18 Å². The van der Waals surface area contributed by atoms with Gasteiger partial charge in [0.1, 0.15) is 11.5 Å². The van der Waals surface area contributed by atoms with Gasteiger partial charge in [-0.25, -0.2) is 13.2 Å². The van der Waals surface area contributed by atoms with E-state index in [1.165, 1.54) is 12.1 Å². The molecule has 1 atom stereocenters. The lowest BCUT2D eigenvalue weighted by Gasteiger charge is -2.37. The van der Waals surface area contributed by atoms with Crippen molar-refractivity contribution in [3.63, 3.8) is 0 Å². The summed E-state index contributed by atoms with van der Waals surface area (Å²) in [7, 11) is 0. The Kier molecular flexibility index (Phi) is 6.80. The maximum atomic E-state index is 13.6. The van der Waals surface area contributed by atoms with E-state index in [4.69, 9.17) is 11.6 Å². The molecule has 0 spiro atoms. The lowest BCUT2D eigenvalue weighted by Crippen LogP contribution is -2.45. The fourth-order valence-corrected chi connectivity index (χ4v) is 3.60. The number of hydrogen-bond donors (Lipinski definition) is 1. The minimum absolute atomic E-state index is 0.00807. The van der Waals surface area contributed by atoms with Crippen molar-refractivity contribution in [1.29, 1.82) is 0 Å². The van der Waals surface area contributed by atoms with Crippen molar-refractivity contribution in [3.05, 3.63) is 64.2 Å². The molecular weight excluding hydrogens is 448 g/mol. The first-order chi connectivity index (χ1) is 14.5. The summed E-state index contributed by atoms with van der Waals surface area (Å²) in [6.45, 7) is -0.108. The largest absolute Gasteiger partial charge is 0.433 e. The predicted molar refractivity (Wildman–Crippen MR) is 101 cm³/mol. The Morgan fingerprint density at radius 3 is 2.42 bits per heavy atom. The van der Waals surface area contributed by atoms with E-state index in [2.05, 4.69) is 10.3 Å². The zero-order valence-electron chi connectivity index (χ0n) is 16.0. The second-order valence-electron chi connectivity index (χ2n) is 7.22. The molecule has 1 aliphatic heterocycles. The number of aromatic nitrogens is 1. The second-order valence-corrected chi connectivity index (χ2v) is 7.62. The van der Waals surface area contributed by atoms with Crippen LogP contribution in [0.25, 0.3) is 0 Å². The molecule has 1 unspecified atom stereocenters. The number of benzene rings is 1. The fourth-order valence-electron chi connectivity index (χ4n) is 3.35. The Hall–Kier alpha value is -2.33. The summed E-state index contributed by atoms with van der Waals surface area (Å²) in [6.07, 6.45) is -4.41. The van der Waals surface area contributed by atoms with Crippen LogP contribution in [-0.4, -0.2) is 41.3 Å². The number of carbonyl (C=O) groups is 1. The smallest absolute Gasteiger partial charge is 0.350 e. The molecule has 1 aromatic carbocycles. The Labute approximate surface area is 179 Å². The zero-order chi connectivity index (χ0) is 22.8. The van der Waals surface area contributed by atoms with Gasteiger partial charge in [-0.1, -0.05) is 17.7 Å². The standard InChI is InChI=1S/C20H18ClF6N3O/c21-15-9-13(22)2-3-14(15)18(31)29-11-16(30-7-5-19(23,24)6-8-30)12-1-4-17(28-10-12)20(25,26)27/h1-4,9-10,16H,5-8,11H2,(H,29,31). The monoisotopic (exact) mass is 465 g/mol. The minimum atomic E-state index is -4.62. The molecule has 4 nitrogen and oxygen atoms in total. The second kappa shape index (κ2) is 9.04. The number of pyridine rings is 1. The average Bonchev–Trinajstić information content (AvgIpc) is 2.68. The molecule has 1 aliphatic rings. The van der Waals surface area contributed by atoms with E-state index in [9.17, 15) is 31.1 Å².